The Morgan fingerprint density at radius 3 is 2.87 bits per heavy atom. The number of hydrogen-bond acceptors (Lipinski definition) is 5. The Morgan fingerprint density at radius 1 is 1.33 bits per heavy atom. The highest BCUT2D eigenvalue weighted by molar-refractivity contribution is 5.91. The van der Waals surface area contributed by atoms with Crippen molar-refractivity contribution < 1.29 is 14.1 Å². The Hall–Kier alpha value is -2.70. The minimum atomic E-state index is -0.0992. The Labute approximate surface area is 178 Å². The van der Waals surface area contributed by atoms with E-state index < -0.39 is 0 Å². The second-order valence-electron chi connectivity index (χ2n) is 8.46. The molecule has 0 radical (unpaired) electrons. The van der Waals surface area contributed by atoms with E-state index in [4.69, 9.17) is 4.52 Å². The van der Waals surface area contributed by atoms with E-state index in [-0.39, 0.29) is 17.7 Å². The van der Waals surface area contributed by atoms with Gasteiger partial charge in [0.25, 0.3) is 5.91 Å². The van der Waals surface area contributed by atoms with Crippen LogP contribution in [0.5, 0.6) is 0 Å². The zero-order valence-corrected chi connectivity index (χ0v) is 18.2. The topological polar surface area (TPSA) is 79.5 Å². The number of likely N-dealkylation sites (N-methyl/N-ethyl adjacent to an activating group) is 1. The molecule has 0 aliphatic carbocycles. The largest absolute Gasteiger partial charge is 0.351 e. The molecule has 2 aromatic rings. The Morgan fingerprint density at radius 2 is 2.17 bits per heavy atom. The van der Waals surface area contributed by atoms with Crippen molar-refractivity contribution in [1.29, 1.82) is 0 Å². The lowest BCUT2D eigenvalue weighted by Crippen LogP contribution is -2.40. The number of likely N-dealkylation sites (tertiary alicyclic amines) is 1. The summed E-state index contributed by atoms with van der Waals surface area (Å²) in [4.78, 5) is 33.2. The molecule has 1 saturated heterocycles. The van der Waals surface area contributed by atoms with Crippen LogP contribution in [0.2, 0.25) is 0 Å². The number of amides is 2. The molecule has 2 aromatic heterocycles. The highest BCUT2D eigenvalue weighted by atomic mass is 16.5. The maximum Gasteiger partial charge on any atom is 0.292 e. The predicted molar refractivity (Wildman–Crippen MR) is 114 cm³/mol. The lowest BCUT2D eigenvalue weighted by Gasteiger charge is -2.32. The van der Waals surface area contributed by atoms with Crippen LogP contribution in [-0.4, -0.2) is 58.4 Å². The van der Waals surface area contributed by atoms with Crippen LogP contribution in [-0.2, 0) is 11.2 Å². The quantitative estimate of drug-likeness (QED) is 0.663. The van der Waals surface area contributed by atoms with E-state index in [9.17, 15) is 9.59 Å². The molecule has 0 aromatic carbocycles. The van der Waals surface area contributed by atoms with Gasteiger partial charge in [-0.1, -0.05) is 25.1 Å². The van der Waals surface area contributed by atoms with E-state index >= 15 is 0 Å². The van der Waals surface area contributed by atoms with Crippen LogP contribution in [0.15, 0.2) is 35.0 Å². The Balaban J connectivity index is 1.44. The number of carbonyl (C=O) groups excluding carboxylic acids is 2. The number of piperidine rings is 1. The zero-order chi connectivity index (χ0) is 21.5. The number of rotatable bonds is 8. The minimum Gasteiger partial charge on any atom is -0.351 e. The van der Waals surface area contributed by atoms with Gasteiger partial charge < -0.3 is 14.3 Å². The average Bonchev–Trinajstić information content (AvgIpc) is 3.27. The lowest BCUT2D eigenvalue weighted by molar-refractivity contribution is -0.130. The van der Waals surface area contributed by atoms with Crippen molar-refractivity contribution in [1.82, 2.24) is 19.9 Å². The van der Waals surface area contributed by atoms with Crippen molar-refractivity contribution in [2.24, 2.45) is 5.92 Å². The van der Waals surface area contributed by atoms with Gasteiger partial charge in [-0.25, -0.2) is 0 Å². The van der Waals surface area contributed by atoms with Crippen molar-refractivity contribution in [2.75, 3.05) is 26.7 Å². The zero-order valence-electron chi connectivity index (χ0n) is 18.2. The van der Waals surface area contributed by atoms with Crippen LogP contribution in [0.3, 0.4) is 0 Å². The average molecular weight is 413 g/mol. The molecule has 0 saturated carbocycles. The molecule has 0 N–H and O–H groups in total. The first-order valence-electron chi connectivity index (χ1n) is 10.8. The Kier molecular flexibility index (Phi) is 7.60. The van der Waals surface area contributed by atoms with Gasteiger partial charge in [0.05, 0.1) is 5.69 Å². The predicted octanol–water partition coefficient (Wildman–Crippen LogP) is 3.53. The lowest BCUT2D eigenvalue weighted by atomic mass is 9.93. The van der Waals surface area contributed by atoms with Crippen molar-refractivity contribution in [3.05, 3.63) is 47.6 Å². The third-order valence-corrected chi connectivity index (χ3v) is 5.76. The SMILES string of the molecule is CC(C)c1cc(C(=O)N2CCC[C@H](CCC(=O)N(C)CCc3ccccn3)C2)on1. The summed E-state index contributed by atoms with van der Waals surface area (Å²) in [5.41, 5.74) is 1.79. The molecule has 1 atom stereocenters. The van der Waals surface area contributed by atoms with Gasteiger partial charge in [0.15, 0.2) is 0 Å². The molecule has 0 unspecified atom stereocenters. The van der Waals surface area contributed by atoms with Gasteiger partial charge in [0.1, 0.15) is 0 Å². The van der Waals surface area contributed by atoms with Crippen molar-refractivity contribution in [2.45, 2.75) is 51.9 Å². The summed E-state index contributed by atoms with van der Waals surface area (Å²) in [7, 11) is 1.85. The molecule has 1 aliphatic heterocycles. The number of nitrogens with zero attached hydrogens (tertiary/aromatic N) is 4. The summed E-state index contributed by atoms with van der Waals surface area (Å²) in [5, 5.41) is 3.99. The molecule has 1 fully saturated rings. The van der Waals surface area contributed by atoms with E-state index in [2.05, 4.69) is 10.1 Å². The first-order chi connectivity index (χ1) is 14.4. The standard InChI is InChI=1S/C23H32N4O3/c1-17(2)20-15-21(30-25-20)23(29)27-13-6-7-18(16-27)9-10-22(28)26(3)14-11-19-8-4-5-12-24-19/h4-5,8,12,15,17-18H,6-7,9-11,13-14,16H2,1-3H3/t18-/m1/s1. The molecule has 30 heavy (non-hydrogen) atoms. The molecule has 3 rings (SSSR count). The molecule has 1 aliphatic rings. The summed E-state index contributed by atoms with van der Waals surface area (Å²) in [6.07, 6.45) is 5.82. The molecular weight excluding hydrogens is 380 g/mol. The monoisotopic (exact) mass is 412 g/mol. The van der Waals surface area contributed by atoms with Gasteiger partial charge in [-0.2, -0.15) is 0 Å². The van der Waals surface area contributed by atoms with Gasteiger partial charge in [0, 0.05) is 57.5 Å². The third kappa shape index (κ3) is 5.90. The summed E-state index contributed by atoms with van der Waals surface area (Å²) < 4.78 is 5.26. The van der Waals surface area contributed by atoms with Crippen LogP contribution >= 0.6 is 0 Å². The van der Waals surface area contributed by atoms with Crippen LogP contribution in [0.25, 0.3) is 0 Å². The van der Waals surface area contributed by atoms with Crippen LogP contribution < -0.4 is 0 Å². The van der Waals surface area contributed by atoms with E-state index in [0.29, 0.717) is 31.2 Å². The first-order valence-corrected chi connectivity index (χ1v) is 10.8. The third-order valence-electron chi connectivity index (χ3n) is 5.76. The fourth-order valence-electron chi connectivity index (χ4n) is 3.77. The number of aromatic nitrogens is 2. The van der Waals surface area contributed by atoms with Gasteiger partial charge in [-0.05, 0) is 43.2 Å². The molecule has 0 spiro atoms. The summed E-state index contributed by atoms with van der Waals surface area (Å²) >= 11 is 0. The summed E-state index contributed by atoms with van der Waals surface area (Å²) in [5.74, 6) is 0.919. The van der Waals surface area contributed by atoms with E-state index in [1.54, 1.807) is 17.2 Å². The second-order valence-corrected chi connectivity index (χ2v) is 8.46. The Bertz CT molecular complexity index is 834. The smallest absolute Gasteiger partial charge is 0.292 e. The molecule has 7 nitrogen and oxygen atoms in total. The van der Waals surface area contributed by atoms with Crippen molar-refractivity contribution in [3.8, 4) is 0 Å². The van der Waals surface area contributed by atoms with Crippen LogP contribution in [0.1, 0.15) is 67.4 Å². The van der Waals surface area contributed by atoms with E-state index in [0.717, 1.165) is 43.6 Å². The highest BCUT2D eigenvalue weighted by Gasteiger charge is 2.27. The normalized spacial score (nSPS) is 16.7. The van der Waals surface area contributed by atoms with Crippen LogP contribution in [0, 0.1) is 5.92 Å². The molecule has 162 valence electrons. The van der Waals surface area contributed by atoms with Crippen LogP contribution in [0.4, 0.5) is 0 Å². The maximum atomic E-state index is 12.8. The molecule has 3 heterocycles. The molecule has 0 bridgehead atoms. The molecule has 2 amide bonds. The number of hydrogen-bond donors (Lipinski definition) is 0. The molecular formula is C23H32N4O3. The second kappa shape index (κ2) is 10.4. The highest BCUT2D eigenvalue weighted by Crippen LogP contribution is 2.24. The maximum absolute atomic E-state index is 12.8. The number of pyridine rings is 1. The summed E-state index contributed by atoms with van der Waals surface area (Å²) in [6, 6.07) is 7.58. The molecule has 7 heteroatoms. The first kappa shape index (κ1) is 22.0. The summed E-state index contributed by atoms with van der Waals surface area (Å²) in [6.45, 7) is 6.10. The van der Waals surface area contributed by atoms with Crippen molar-refractivity contribution >= 4 is 11.8 Å². The van der Waals surface area contributed by atoms with E-state index in [1.165, 1.54) is 0 Å². The van der Waals surface area contributed by atoms with Gasteiger partial charge >= 0.3 is 0 Å². The van der Waals surface area contributed by atoms with Gasteiger partial charge in [-0.3, -0.25) is 14.6 Å². The fourth-order valence-corrected chi connectivity index (χ4v) is 3.77. The van der Waals surface area contributed by atoms with Gasteiger partial charge in [0.2, 0.25) is 11.7 Å². The van der Waals surface area contributed by atoms with Gasteiger partial charge in [-0.15, -0.1) is 0 Å². The van der Waals surface area contributed by atoms with Crippen molar-refractivity contribution in [3.63, 3.8) is 0 Å². The number of carbonyl (C=O) groups is 2. The van der Waals surface area contributed by atoms with E-state index in [1.807, 2.05) is 44.0 Å². The minimum absolute atomic E-state index is 0.0992. The fraction of sp³-hybridized carbons (Fsp3) is 0.565.